The second-order valence-corrected chi connectivity index (χ2v) is 8.95. The zero-order valence-electron chi connectivity index (χ0n) is 18.8. The number of carbonyl (C=O) groups is 1. The number of fused-ring (bicyclic) bond motifs is 1. The van der Waals surface area contributed by atoms with Gasteiger partial charge in [0.15, 0.2) is 16.6 Å². The standard InChI is InChI=1S/C24H23N7O2S/c1-16(2)31-22-18(12-26-31)11-19(13-25-22)27-21(32)15-34-24-29-28-23(20-9-6-10-33-20)30(24)14-17-7-4-3-5-8-17/h3-13,16H,14-15H2,1-2H3,(H,27,32). The van der Waals surface area contributed by atoms with Crippen LogP contribution in [0.3, 0.4) is 0 Å². The molecule has 1 amide bonds. The molecule has 0 unspecified atom stereocenters. The van der Waals surface area contributed by atoms with Gasteiger partial charge in [0.1, 0.15) is 0 Å². The summed E-state index contributed by atoms with van der Waals surface area (Å²) < 4.78 is 9.35. The third-order valence-electron chi connectivity index (χ3n) is 5.18. The average Bonchev–Trinajstić information content (AvgIpc) is 3.58. The fourth-order valence-electron chi connectivity index (χ4n) is 3.61. The molecule has 0 fully saturated rings. The Morgan fingerprint density at radius 1 is 1.12 bits per heavy atom. The van der Waals surface area contributed by atoms with Crippen molar-refractivity contribution >= 4 is 34.4 Å². The Morgan fingerprint density at radius 2 is 1.97 bits per heavy atom. The fraction of sp³-hybridized carbons (Fsp3) is 0.208. The molecular weight excluding hydrogens is 450 g/mol. The number of carbonyl (C=O) groups excluding carboxylic acids is 1. The number of anilines is 1. The average molecular weight is 474 g/mol. The zero-order chi connectivity index (χ0) is 23.5. The van der Waals surface area contributed by atoms with Crippen molar-refractivity contribution in [3.05, 3.63) is 72.8 Å². The summed E-state index contributed by atoms with van der Waals surface area (Å²) >= 11 is 1.32. The lowest BCUT2D eigenvalue weighted by Crippen LogP contribution is -2.15. The highest BCUT2D eigenvalue weighted by atomic mass is 32.2. The number of furan rings is 1. The predicted molar refractivity (Wildman–Crippen MR) is 131 cm³/mol. The minimum Gasteiger partial charge on any atom is -0.461 e. The lowest BCUT2D eigenvalue weighted by Gasteiger charge is -2.10. The number of nitrogens with one attached hydrogen (secondary N) is 1. The highest BCUT2D eigenvalue weighted by Gasteiger charge is 2.18. The highest BCUT2D eigenvalue weighted by Crippen LogP contribution is 2.26. The Labute approximate surface area is 200 Å². The van der Waals surface area contributed by atoms with Crippen molar-refractivity contribution in [3.8, 4) is 11.6 Å². The molecule has 0 atom stereocenters. The first-order valence-electron chi connectivity index (χ1n) is 10.9. The maximum absolute atomic E-state index is 12.7. The molecule has 0 aliphatic heterocycles. The van der Waals surface area contributed by atoms with Gasteiger partial charge in [0.25, 0.3) is 0 Å². The first-order chi connectivity index (χ1) is 16.6. The summed E-state index contributed by atoms with van der Waals surface area (Å²) in [5.74, 6) is 1.26. The lowest BCUT2D eigenvalue weighted by molar-refractivity contribution is -0.113. The van der Waals surface area contributed by atoms with Crippen LogP contribution >= 0.6 is 11.8 Å². The van der Waals surface area contributed by atoms with Gasteiger partial charge in [0, 0.05) is 11.4 Å². The maximum Gasteiger partial charge on any atom is 0.234 e. The molecule has 4 aromatic heterocycles. The predicted octanol–water partition coefficient (Wildman–Crippen LogP) is 4.64. The van der Waals surface area contributed by atoms with Crippen molar-refractivity contribution in [2.75, 3.05) is 11.1 Å². The van der Waals surface area contributed by atoms with E-state index in [0.717, 1.165) is 16.6 Å². The first-order valence-corrected chi connectivity index (χ1v) is 11.8. The topological polar surface area (TPSA) is 104 Å². The van der Waals surface area contributed by atoms with Crippen LogP contribution in [-0.2, 0) is 11.3 Å². The van der Waals surface area contributed by atoms with E-state index < -0.39 is 0 Å². The van der Waals surface area contributed by atoms with E-state index in [2.05, 4.69) is 39.4 Å². The van der Waals surface area contributed by atoms with Crippen LogP contribution in [0.5, 0.6) is 0 Å². The van der Waals surface area contributed by atoms with Gasteiger partial charge >= 0.3 is 0 Å². The number of amides is 1. The van der Waals surface area contributed by atoms with Crippen LogP contribution in [0.15, 0.2) is 76.8 Å². The summed E-state index contributed by atoms with van der Waals surface area (Å²) in [6, 6.07) is 15.8. The Morgan fingerprint density at radius 3 is 2.74 bits per heavy atom. The molecule has 172 valence electrons. The van der Waals surface area contributed by atoms with Crippen LogP contribution in [0.2, 0.25) is 0 Å². The van der Waals surface area contributed by atoms with Crippen LogP contribution in [0.4, 0.5) is 5.69 Å². The second-order valence-electron chi connectivity index (χ2n) is 8.01. The Kier molecular flexibility index (Phi) is 6.13. The molecule has 0 radical (unpaired) electrons. The normalized spacial score (nSPS) is 11.4. The Hall–Kier alpha value is -3.92. The smallest absolute Gasteiger partial charge is 0.234 e. The monoisotopic (exact) mass is 473 g/mol. The van der Waals surface area contributed by atoms with Crippen molar-refractivity contribution in [3.63, 3.8) is 0 Å². The van der Waals surface area contributed by atoms with Gasteiger partial charge in [-0.3, -0.25) is 9.36 Å². The van der Waals surface area contributed by atoms with E-state index in [0.29, 0.717) is 29.0 Å². The minimum atomic E-state index is -0.156. The molecule has 4 heterocycles. The van der Waals surface area contributed by atoms with Gasteiger partial charge < -0.3 is 9.73 Å². The SMILES string of the molecule is CC(C)n1ncc2cc(NC(=O)CSc3nnc(-c4ccco4)n3Cc3ccccc3)cnc21. The second kappa shape index (κ2) is 9.52. The van der Waals surface area contributed by atoms with Crippen molar-refractivity contribution in [2.45, 2.75) is 31.6 Å². The number of hydrogen-bond donors (Lipinski definition) is 1. The van der Waals surface area contributed by atoms with Crippen LogP contribution in [0, 0.1) is 0 Å². The molecule has 0 saturated carbocycles. The van der Waals surface area contributed by atoms with Crippen LogP contribution in [0.1, 0.15) is 25.5 Å². The Bertz CT molecular complexity index is 1410. The van der Waals surface area contributed by atoms with Gasteiger partial charge in [-0.05, 0) is 37.6 Å². The Balaban J connectivity index is 1.31. The molecule has 0 spiro atoms. The molecule has 5 aromatic rings. The summed E-state index contributed by atoms with van der Waals surface area (Å²) in [5.41, 5.74) is 2.52. The van der Waals surface area contributed by atoms with E-state index in [9.17, 15) is 4.79 Å². The molecule has 0 bridgehead atoms. The van der Waals surface area contributed by atoms with Crippen molar-refractivity contribution in [1.29, 1.82) is 0 Å². The quantitative estimate of drug-likeness (QED) is 0.327. The zero-order valence-corrected chi connectivity index (χ0v) is 19.6. The molecule has 0 saturated heterocycles. The van der Waals surface area contributed by atoms with Crippen molar-refractivity contribution in [1.82, 2.24) is 29.5 Å². The molecular formula is C24H23N7O2S. The van der Waals surface area contributed by atoms with Gasteiger partial charge in [-0.15, -0.1) is 10.2 Å². The molecule has 10 heteroatoms. The minimum absolute atomic E-state index is 0.156. The maximum atomic E-state index is 12.7. The highest BCUT2D eigenvalue weighted by molar-refractivity contribution is 7.99. The van der Waals surface area contributed by atoms with E-state index in [1.54, 1.807) is 18.7 Å². The van der Waals surface area contributed by atoms with Crippen molar-refractivity contribution < 1.29 is 9.21 Å². The molecule has 9 nitrogen and oxygen atoms in total. The van der Waals surface area contributed by atoms with Gasteiger partial charge in [-0.1, -0.05) is 42.1 Å². The molecule has 0 aliphatic rings. The molecule has 0 aliphatic carbocycles. The number of rotatable bonds is 8. The lowest BCUT2D eigenvalue weighted by atomic mass is 10.2. The van der Waals surface area contributed by atoms with E-state index >= 15 is 0 Å². The van der Waals surface area contributed by atoms with Gasteiger partial charge in [-0.25, -0.2) is 9.67 Å². The number of hydrogen-bond acceptors (Lipinski definition) is 7. The number of nitrogens with zero attached hydrogens (tertiary/aromatic N) is 6. The molecule has 34 heavy (non-hydrogen) atoms. The van der Waals surface area contributed by atoms with Gasteiger partial charge in [0.2, 0.25) is 11.7 Å². The fourth-order valence-corrected chi connectivity index (χ4v) is 4.34. The summed E-state index contributed by atoms with van der Waals surface area (Å²) in [4.78, 5) is 17.2. The molecule has 5 rings (SSSR count). The number of pyridine rings is 1. The first kappa shape index (κ1) is 21.9. The van der Waals surface area contributed by atoms with E-state index in [1.165, 1.54) is 11.8 Å². The summed E-state index contributed by atoms with van der Waals surface area (Å²) in [5, 5.41) is 17.4. The van der Waals surface area contributed by atoms with Crippen LogP contribution < -0.4 is 5.32 Å². The van der Waals surface area contributed by atoms with Crippen LogP contribution in [0.25, 0.3) is 22.6 Å². The van der Waals surface area contributed by atoms with E-state index in [-0.39, 0.29) is 17.7 Å². The third-order valence-corrected chi connectivity index (χ3v) is 6.15. The number of thioether (sulfide) groups is 1. The summed E-state index contributed by atoms with van der Waals surface area (Å²) in [6.07, 6.45) is 5.01. The summed E-state index contributed by atoms with van der Waals surface area (Å²) in [7, 11) is 0. The largest absolute Gasteiger partial charge is 0.461 e. The van der Waals surface area contributed by atoms with E-state index in [4.69, 9.17) is 4.42 Å². The van der Waals surface area contributed by atoms with Crippen LogP contribution in [-0.4, -0.2) is 41.2 Å². The number of aromatic nitrogens is 6. The van der Waals surface area contributed by atoms with Crippen molar-refractivity contribution in [2.24, 2.45) is 0 Å². The number of benzene rings is 1. The van der Waals surface area contributed by atoms with Gasteiger partial charge in [-0.2, -0.15) is 5.10 Å². The third kappa shape index (κ3) is 4.58. The van der Waals surface area contributed by atoms with Gasteiger partial charge in [0.05, 0.1) is 36.6 Å². The molecule has 1 N–H and O–H groups in total. The molecule has 1 aromatic carbocycles. The summed E-state index contributed by atoms with van der Waals surface area (Å²) in [6.45, 7) is 4.66. The van der Waals surface area contributed by atoms with E-state index in [1.807, 2.05) is 57.8 Å².